The lowest BCUT2D eigenvalue weighted by Crippen LogP contribution is -2.28. The summed E-state index contributed by atoms with van der Waals surface area (Å²) in [4.78, 5) is 36.3. The van der Waals surface area contributed by atoms with Crippen LogP contribution in [0.1, 0.15) is 16.8 Å². The Kier molecular flexibility index (Phi) is 4.53. The van der Waals surface area contributed by atoms with E-state index in [2.05, 4.69) is 20.7 Å². The summed E-state index contributed by atoms with van der Waals surface area (Å²) in [7, 11) is 1.25. The standard InChI is InChI=1S/C13H11BrClNO5/c1-21-13(20)6-2-10(17)16(5-6)11-8(12(18)19)3-7(15)4-9(11)14/h3-4,6H,2,5H2,1H3,(H,18,19). The predicted molar refractivity (Wildman–Crippen MR) is 78.6 cm³/mol. The van der Waals surface area contributed by atoms with Crippen molar-refractivity contribution in [3.63, 3.8) is 0 Å². The number of carbonyl (C=O) groups excluding carboxylic acids is 2. The van der Waals surface area contributed by atoms with E-state index in [-0.39, 0.29) is 35.1 Å². The highest BCUT2D eigenvalue weighted by molar-refractivity contribution is 9.10. The number of hydrogen-bond acceptors (Lipinski definition) is 4. The van der Waals surface area contributed by atoms with Crippen LogP contribution in [0.2, 0.25) is 5.02 Å². The summed E-state index contributed by atoms with van der Waals surface area (Å²) in [5.41, 5.74) is 0.0940. The molecule has 0 saturated carbocycles. The summed E-state index contributed by atoms with van der Waals surface area (Å²) in [5.74, 6) is -2.64. The van der Waals surface area contributed by atoms with Crippen LogP contribution in [0.3, 0.4) is 0 Å². The molecule has 1 N–H and O–H groups in total. The van der Waals surface area contributed by atoms with Gasteiger partial charge >= 0.3 is 11.9 Å². The van der Waals surface area contributed by atoms with Gasteiger partial charge in [-0.25, -0.2) is 4.79 Å². The second kappa shape index (κ2) is 6.03. The monoisotopic (exact) mass is 375 g/mol. The number of carbonyl (C=O) groups is 3. The third kappa shape index (κ3) is 3.03. The first kappa shape index (κ1) is 15.8. The van der Waals surface area contributed by atoms with Crippen molar-refractivity contribution in [3.05, 3.63) is 27.2 Å². The Labute approximate surface area is 133 Å². The maximum absolute atomic E-state index is 12.1. The van der Waals surface area contributed by atoms with Crippen molar-refractivity contribution < 1.29 is 24.2 Å². The van der Waals surface area contributed by atoms with Gasteiger partial charge in [0.05, 0.1) is 24.3 Å². The molecule has 1 amide bonds. The Morgan fingerprint density at radius 2 is 2.14 bits per heavy atom. The molecular weight excluding hydrogens is 366 g/mol. The average molecular weight is 377 g/mol. The summed E-state index contributed by atoms with van der Waals surface area (Å²) in [5, 5.41) is 9.51. The number of amides is 1. The smallest absolute Gasteiger partial charge is 0.337 e. The number of methoxy groups -OCH3 is 1. The van der Waals surface area contributed by atoms with E-state index in [0.29, 0.717) is 4.47 Å². The van der Waals surface area contributed by atoms with E-state index in [1.54, 1.807) is 0 Å². The Hall–Kier alpha value is -1.60. The Balaban J connectivity index is 2.45. The van der Waals surface area contributed by atoms with Crippen molar-refractivity contribution in [1.29, 1.82) is 0 Å². The van der Waals surface area contributed by atoms with E-state index in [1.807, 2.05) is 0 Å². The van der Waals surface area contributed by atoms with Gasteiger partial charge in [-0.05, 0) is 28.1 Å². The molecule has 0 aromatic heterocycles. The molecule has 1 aromatic rings. The zero-order valence-corrected chi connectivity index (χ0v) is 13.3. The van der Waals surface area contributed by atoms with E-state index >= 15 is 0 Å². The van der Waals surface area contributed by atoms with Crippen molar-refractivity contribution in [2.75, 3.05) is 18.6 Å². The molecule has 0 radical (unpaired) electrons. The van der Waals surface area contributed by atoms with E-state index < -0.39 is 17.9 Å². The molecule has 1 aliphatic heterocycles. The average Bonchev–Trinajstić information content (AvgIpc) is 2.78. The largest absolute Gasteiger partial charge is 0.478 e. The summed E-state index contributed by atoms with van der Waals surface area (Å²) < 4.78 is 5.01. The molecule has 1 aliphatic rings. The minimum Gasteiger partial charge on any atom is -0.478 e. The van der Waals surface area contributed by atoms with Crippen LogP contribution < -0.4 is 4.90 Å². The number of rotatable bonds is 3. The SMILES string of the molecule is COC(=O)C1CC(=O)N(c2c(Br)cc(Cl)cc2C(=O)O)C1. The molecule has 0 spiro atoms. The number of esters is 1. The van der Waals surface area contributed by atoms with Gasteiger partial charge in [-0.15, -0.1) is 0 Å². The van der Waals surface area contributed by atoms with Gasteiger partial charge in [0, 0.05) is 22.5 Å². The lowest BCUT2D eigenvalue weighted by atomic mass is 10.1. The van der Waals surface area contributed by atoms with Crippen LogP contribution in [-0.4, -0.2) is 36.6 Å². The summed E-state index contributed by atoms with van der Waals surface area (Å²) >= 11 is 9.06. The van der Waals surface area contributed by atoms with Crippen LogP contribution in [0.5, 0.6) is 0 Å². The van der Waals surface area contributed by atoms with Gasteiger partial charge in [-0.3, -0.25) is 9.59 Å². The van der Waals surface area contributed by atoms with E-state index in [4.69, 9.17) is 11.6 Å². The molecule has 1 unspecified atom stereocenters. The van der Waals surface area contributed by atoms with Crippen molar-refractivity contribution in [1.82, 2.24) is 0 Å². The maximum atomic E-state index is 12.1. The van der Waals surface area contributed by atoms with Gasteiger partial charge in [-0.1, -0.05) is 11.6 Å². The molecule has 1 heterocycles. The van der Waals surface area contributed by atoms with E-state index in [0.717, 1.165) is 0 Å². The van der Waals surface area contributed by atoms with Crippen molar-refractivity contribution in [3.8, 4) is 0 Å². The maximum Gasteiger partial charge on any atom is 0.337 e. The molecule has 112 valence electrons. The van der Waals surface area contributed by atoms with Gasteiger partial charge in [0.25, 0.3) is 0 Å². The second-order valence-electron chi connectivity index (χ2n) is 4.52. The number of hydrogen-bond donors (Lipinski definition) is 1. The van der Waals surface area contributed by atoms with Crippen LogP contribution in [0.15, 0.2) is 16.6 Å². The minimum absolute atomic E-state index is 0.0131. The quantitative estimate of drug-likeness (QED) is 0.819. The zero-order chi connectivity index (χ0) is 15.7. The van der Waals surface area contributed by atoms with Crippen molar-refractivity contribution in [2.45, 2.75) is 6.42 Å². The number of aromatic carboxylic acids is 1. The summed E-state index contributed by atoms with van der Waals surface area (Å²) in [6.07, 6.45) is -0.0131. The summed E-state index contributed by atoms with van der Waals surface area (Å²) in [6, 6.07) is 2.77. The molecule has 6 nitrogen and oxygen atoms in total. The van der Waals surface area contributed by atoms with Crippen LogP contribution in [0.4, 0.5) is 5.69 Å². The fraction of sp³-hybridized carbons (Fsp3) is 0.308. The first-order valence-corrected chi connectivity index (χ1v) is 7.12. The molecular formula is C13H11BrClNO5. The fourth-order valence-corrected chi connectivity index (χ4v) is 3.28. The van der Waals surface area contributed by atoms with Gasteiger partial charge in [0.1, 0.15) is 0 Å². The fourth-order valence-electron chi connectivity index (χ4n) is 2.25. The second-order valence-corrected chi connectivity index (χ2v) is 5.81. The van der Waals surface area contributed by atoms with Gasteiger partial charge < -0.3 is 14.7 Å². The molecule has 1 fully saturated rings. The lowest BCUT2D eigenvalue weighted by molar-refractivity contribution is -0.145. The predicted octanol–water partition coefficient (Wildman–Crippen LogP) is 2.33. The number of benzene rings is 1. The molecule has 0 aliphatic carbocycles. The molecule has 0 bridgehead atoms. The van der Waals surface area contributed by atoms with Crippen LogP contribution in [0.25, 0.3) is 0 Å². The highest BCUT2D eigenvalue weighted by Crippen LogP contribution is 2.37. The third-order valence-electron chi connectivity index (χ3n) is 3.19. The normalized spacial score (nSPS) is 18.0. The van der Waals surface area contributed by atoms with Crippen molar-refractivity contribution >= 4 is 51.1 Å². The number of carboxylic acid groups (broad SMARTS) is 1. The lowest BCUT2D eigenvalue weighted by Gasteiger charge is -2.20. The topological polar surface area (TPSA) is 83.9 Å². The minimum atomic E-state index is -1.21. The van der Waals surface area contributed by atoms with Crippen LogP contribution >= 0.6 is 27.5 Å². The van der Waals surface area contributed by atoms with Gasteiger partial charge in [-0.2, -0.15) is 0 Å². The van der Waals surface area contributed by atoms with E-state index in [1.165, 1.54) is 24.1 Å². The number of ether oxygens (including phenoxy) is 1. The molecule has 2 rings (SSSR count). The van der Waals surface area contributed by atoms with Gasteiger partial charge in [0.2, 0.25) is 5.91 Å². The summed E-state index contributed by atoms with van der Waals surface area (Å²) in [6.45, 7) is 0.0754. The molecule has 1 atom stereocenters. The number of nitrogens with zero attached hydrogens (tertiary/aromatic N) is 1. The van der Waals surface area contributed by atoms with Crippen LogP contribution in [-0.2, 0) is 14.3 Å². The zero-order valence-electron chi connectivity index (χ0n) is 10.9. The highest BCUT2D eigenvalue weighted by Gasteiger charge is 2.38. The first-order chi connectivity index (χ1) is 9.85. The van der Waals surface area contributed by atoms with E-state index in [9.17, 15) is 19.5 Å². The molecule has 1 aromatic carbocycles. The Morgan fingerprint density at radius 3 is 2.71 bits per heavy atom. The number of halogens is 2. The van der Waals surface area contributed by atoms with Crippen molar-refractivity contribution in [2.24, 2.45) is 5.92 Å². The Bertz CT molecular complexity index is 633. The highest BCUT2D eigenvalue weighted by atomic mass is 79.9. The Morgan fingerprint density at radius 1 is 1.48 bits per heavy atom. The van der Waals surface area contributed by atoms with Gasteiger partial charge in [0.15, 0.2) is 0 Å². The first-order valence-electron chi connectivity index (χ1n) is 5.95. The van der Waals surface area contributed by atoms with Crippen LogP contribution in [0, 0.1) is 5.92 Å². The number of anilines is 1. The molecule has 8 heteroatoms. The molecule has 21 heavy (non-hydrogen) atoms. The third-order valence-corrected chi connectivity index (χ3v) is 4.01. The number of carboxylic acids is 1. The molecule has 1 saturated heterocycles.